The Balaban J connectivity index is 1.36. The number of rotatable bonds is 5. The van der Waals surface area contributed by atoms with E-state index in [0.29, 0.717) is 22.0 Å². The van der Waals surface area contributed by atoms with Gasteiger partial charge < -0.3 is 4.98 Å². The minimum absolute atomic E-state index is 0.0230. The van der Waals surface area contributed by atoms with Crippen molar-refractivity contribution in [3.8, 4) is 0 Å². The molecule has 0 amide bonds. The summed E-state index contributed by atoms with van der Waals surface area (Å²) in [5.41, 5.74) is 4.92. The second-order valence-corrected chi connectivity index (χ2v) is 7.59. The molecule has 0 aliphatic rings. The van der Waals surface area contributed by atoms with Gasteiger partial charge in [0.2, 0.25) is 5.16 Å². The van der Waals surface area contributed by atoms with Crippen LogP contribution in [0.3, 0.4) is 0 Å². The van der Waals surface area contributed by atoms with Gasteiger partial charge in [0.25, 0.3) is 0 Å². The molecule has 140 valence electrons. The summed E-state index contributed by atoms with van der Waals surface area (Å²) in [5, 5.41) is 10.2. The Kier molecular flexibility index (Phi) is 4.54. The van der Waals surface area contributed by atoms with E-state index >= 15 is 0 Å². The smallest absolute Gasteiger partial charge is 0.211 e. The number of aromatic nitrogens is 4. The quantitative estimate of drug-likeness (QED) is 0.333. The van der Waals surface area contributed by atoms with Crippen LogP contribution >= 0.6 is 11.8 Å². The monoisotopic (exact) mass is 396 g/mol. The van der Waals surface area contributed by atoms with Gasteiger partial charge in [0.05, 0.1) is 0 Å². The van der Waals surface area contributed by atoms with Crippen molar-refractivity contribution in [1.29, 1.82) is 0 Å². The van der Waals surface area contributed by atoms with Crippen LogP contribution in [0.1, 0.15) is 21.5 Å². The Labute approximate surface area is 171 Å². The zero-order chi connectivity index (χ0) is 19.6. The zero-order valence-corrected chi connectivity index (χ0v) is 16.2. The Morgan fingerprint density at radius 2 is 1.66 bits per heavy atom. The summed E-state index contributed by atoms with van der Waals surface area (Å²) in [6, 6.07) is 25.0. The molecule has 2 aromatic heterocycles. The van der Waals surface area contributed by atoms with Crippen LogP contribution < -0.4 is 0 Å². The van der Waals surface area contributed by atoms with Gasteiger partial charge in [0, 0.05) is 27.8 Å². The molecule has 5 nitrogen and oxygen atoms in total. The first-order valence-electron chi connectivity index (χ1n) is 9.20. The molecule has 0 unspecified atom stereocenters. The number of H-pyrrole nitrogens is 1. The van der Waals surface area contributed by atoms with E-state index < -0.39 is 0 Å². The average molecular weight is 396 g/mol. The molecule has 0 fully saturated rings. The highest BCUT2D eigenvalue weighted by Crippen LogP contribution is 2.25. The van der Waals surface area contributed by atoms with Crippen molar-refractivity contribution in [2.45, 2.75) is 10.9 Å². The highest BCUT2D eigenvalue weighted by atomic mass is 32.2. The normalized spacial score (nSPS) is 11.2. The second-order valence-electron chi connectivity index (χ2n) is 6.65. The van der Waals surface area contributed by atoms with Crippen molar-refractivity contribution in [2.75, 3.05) is 0 Å². The first kappa shape index (κ1) is 17.6. The largest absolute Gasteiger partial charge is 0.338 e. The molecule has 1 N–H and O–H groups in total. The Bertz CT molecular complexity index is 1330. The Morgan fingerprint density at radius 3 is 2.55 bits per heavy atom. The molecule has 0 saturated carbocycles. The van der Waals surface area contributed by atoms with Crippen LogP contribution in [0.5, 0.6) is 0 Å². The van der Waals surface area contributed by atoms with Gasteiger partial charge in [-0.3, -0.25) is 4.79 Å². The highest BCUT2D eigenvalue weighted by molar-refractivity contribution is 7.98. The van der Waals surface area contributed by atoms with Crippen molar-refractivity contribution in [3.05, 3.63) is 95.6 Å². The van der Waals surface area contributed by atoms with E-state index in [1.165, 1.54) is 11.8 Å². The molecule has 5 aromatic rings. The number of thioether (sulfide) groups is 1. The maximum Gasteiger partial charge on any atom is 0.211 e. The van der Waals surface area contributed by atoms with Crippen molar-refractivity contribution in [1.82, 2.24) is 20.2 Å². The molecule has 0 atom stereocenters. The molecule has 6 heteroatoms. The van der Waals surface area contributed by atoms with Crippen LogP contribution in [0.2, 0.25) is 0 Å². The first-order chi connectivity index (χ1) is 14.3. The standard InChI is InChI=1S/C23H16N4OS/c28-21(16-8-2-1-3-9-16)17-10-6-7-15(13-17)14-29-23-25-22-20(26-27-23)18-11-4-5-12-19(18)24-22/h1-13H,14H2,(H,24,25,27). The molecule has 3 aromatic carbocycles. The number of aromatic amines is 1. The van der Waals surface area contributed by atoms with Crippen molar-refractivity contribution >= 4 is 39.6 Å². The predicted octanol–water partition coefficient (Wildman–Crippen LogP) is 5.03. The number of ketones is 1. The summed E-state index contributed by atoms with van der Waals surface area (Å²) in [6.07, 6.45) is 0. The maximum atomic E-state index is 12.7. The van der Waals surface area contributed by atoms with Crippen LogP contribution in [0.15, 0.2) is 84.0 Å². The third kappa shape index (κ3) is 3.50. The number of fused-ring (bicyclic) bond motifs is 3. The Hall–Kier alpha value is -3.51. The zero-order valence-electron chi connectivity index (χ0n) is 15.4. The summed E-state index contributed by atoms with van der Waals surface area (Å²) in [6.45, 7) is 0. The van der Waals surface area contributed by atoms with E-state index in [2.05, 4.69) is 20.2 Å². The summed E-state index contributed by atoms with van der Waals surface area (Å²) < 4.78 is 0. The summed E-state index contributed by atoms with van der Waals surface area (Å²) in [5.74, 6) is 0.679. The van der Waals surface area contributed by atoms with Crippen molar-refractivity contribution in [3.63, 3.8) is 0 Å². The average Bonchev–Trinajstić information content (AvgIpc) is 3.16. The lowest BCUT2D eigenvalue weighted by Crippen LogP contribution is -2.01. The molecule has 0 aliphatic heterocycles. The number of para-hydroxylation sites is 1. The van der Waals surface area contributed by atoms with E-state index in [0.717, 1.165) is 27.6 Å². The molecular formula is C23H16N4OS. The van der Waals surface area contributed by atoms with Crippen LogP contribution in [-0.2, 0) is 5.75 Å². The van der Waals surface area contributed by atoms with E-state index in [1.807, 2.05) is 78.9 Å². The molecule has 5 rings (SSSR count). The second kappa shape index (κ2) is 7.48. The molecule has 0 saturated heterocycles. The molecule has 0 bridgehead atoms. The van der Waals surface area contributed by atoms with Crippen LogP contribution in [0.25, 0.3) is 22.1 Å². The van der Waals surface area contributed by atoms with Crippen molar-refractivity contribution in [2.24, 2.45) is 0 Å². The minimum atomic E-state index is 0.0230. The summed E-state index contributed by atoms with van der Waals surface area (Å²) in [7, 11) is 0. The fourth-order valence-corrected chi connectivity index (χ4v) is 4.00. The number of carbonyl (C=O) groups is 1. The van der Waals surface area contributed by atoms with Gasteiger partial charge >= 0.3 is 0 Å². The topological polar surface area (TPSA) is 71.5 Å². The number of carbonyl (C=O) groups excluding carboxylic acids is 1. The molecular weight excluding hydrogens is 380 g/mol. The molecule has 0 spiro atoms. The number of nitrogens with zero attached hydrogens (tertiary/aromatic N) is 3. The van der Waals surface area contributed by atoms with E-state index in [9.17, 15) is 4.79 Å². The van der Waals surface area contributed by atoms with Gasteiger partial charge in [-0.15, -0.1) is 10.2 Å². The first-order valence-corrected chi connectivity index (χ1v) is 10.2. The van der Waals surface area contributed by atoms with Gasteiger partial charge in [-0.05, 0) is 17.7 Å². The van der Waals surface area contributed by atoms with Crippen LogP contribution in [0, 0.1) is 0 Å². The van der Waals surface area contributed by atoms with E-state index in [4.69, 9.17) is 0 Å². The van der Waals surface area contributed by atoms with Crippen LogP contribution in [-0.4, -0.2) is 25.9 Å². The fraction of sp³-hybridized carbons (Fsp3) is 0.0435. The lowest BCUT2D eigenvalue weighted by atomic mass is 10.0. The molecule has 0 aliphatic carbocycles. The number of benzene rings is 3. The lowest BCUT2D eigenvalue weighted by molar-refractivity contribution is 0.103. The maximum absolute atomic E-state index is 12.7. The van der Waals surface area contributed by atoms with E-state index in [-0.39, 0.29) is 5.78 Å². The van der Waals surface area contributed by atoms with Gasteiger partial charge in [0.15, 0.2) is 11.4 Å². The molecule has 29 heavy (non-hydrogen) atoms. The van der Waals surface area contributed by atoms with Gasteiger partial charge in [-0.2, -0.15) is 0 Å². The van der Waals surface area contributed by atoms with Crippen LogP contribution in [0.4, 0.5) is 0 Å². The summed E-state index contributed by atoms with van der Waals surface area (Å²) >= 11 is 1.50. The third-order valence-corrected chi connectivity index (χ3v) is 5.60. The van der Waals surface area contributed by atoms with Gasteiger partial charge in [0.1, 0.15) is 5.52 Å². The van der Waals surface area contributed by atoms with Gasteiger partial charge in [-0.1, -0.05) is 78.5 Å². The third-order valence-electron chi connectivity index (χ3n) is 4.70. The molecule has 2 heterocycles. The summed E-state index contributed by atoms with van der Waals surface area (Å²) in [4.78, 5) is 20.5. The predicted molar refractivity (Wildman–Crippen MR) is 115 cm³/mol. The number of hydrogen-bond donors (Lipinski definition) is 1. The van der Waals surface area contributed by atoms with Gasteiger partial charge in [-0.25, -0.2) is 4.98 Å². The minimum Gasteiger partial charge on any atom is -0.338 e. The highest BCUT2D eigenvalue weighted by Gasteiger charge is 2.11. The number of hydrogen-bond acceptors (Lipinski definition) is 5. The number of nitrogens with one attached hydrogen (secondary N) is 1. The lowest BCUT2D eigenvalue weighted by Gasteiger charge is -2.05. The van der Waals surface area contributed by atoms with Crippen molar-refractivity contribution < 1.29 is 4.79 Å². The SMILES string of the molecule is O=C(c1ccccc1)c1cccc(CSc2nnc3c(n2)[nH]c2ccccc23)c1. The Morgan fingerprint density at radius 1 is 0.862 bits per heavy atom. The molecule has 0 radical (unpaired) electrons. The van der Waals surface area contributed by atoms with E-state index in [1.54, 1.807) is 0 Å². The fourth-order valence-electron chi connectivity index (χ4n) is 3.27.